The molecule has 0 aromatic carbocycles. The molecule has 6 heteroatoms. The van der Waals surface area contributed by atoms with E-state index in [1.54, 1.807) is 17.0 Å². The van der Waals surface area contributed by atoms with Gasteiger partial charge in [-0.1, -0.05) is 20.8 Å². The maximum Gasteiger partial charge on any atom is 0.253 e. The number of hydrogen-bond acceptors (Lipinski definition) is 4. The summed E-state index contributed by atoms with van der Waals surface area (Å²) in [5.74, 6) is 0.555. The monoisotopic (exact) mass is 369 g/mol. The number of nitrogens with zero attached hydrogens (tertiary/aromatic N) is 5. The zero-order valence-electron chi connectivity index (χ0n) is 16.8. The van der Waals surface area contributed by atoms with E-state index in [1.165, 1.54) is 24.1 Å². The first-order chi connectivity index (χ1) is 12.9. The number of rotatable bonds is 4. The molecule has 2 aliphatic rings. The third kappa shape index (κ3) is 4.00. The van der Waals surface area contributed by atoms with Gasteiger partial charge in [-0.15, -0.1) is 0 Å². The highest BCUT2D eigenvalue weighted by Crippen LogP contribution is 2.24. The van der Waals surface area contributed by atoms with E-state index in [-0.39, 0.29) is 11.0 Å². The average Bonchev–Trinajstić information content (AvgIpc) is 3.22. The minimum absolute atomic E-state index is 0.0767. The Morgan fingerprint density at radius 3 is 2.67 bits per heavy atom. The van der Waals surface area contributed by atoms with Gasteiger partial charge in [-0.2, -0.15) is 5.10 Å². The molecule has 4 heterocycles. The Morgan fingerprint density at radius 1 is 1.19 bits per heavy atom. The molecule has 0 aliphatic carbocycles. The van der Waals surface area contributed by atoms with Gasteiger partial charge in [0.1, 0.15) is 0 Å². The van der Waals surface area contributed by atoms with Gasteiger partial charge in [0.05, 0.1) is 18.2 Å². The molecule has 0 bridgehead atoms. The molecule has 0 spiro atoms. The summed E-state index contributed by atoms with van der Waals surface area (Å²) in [5, 5.41) is 4.51. The van der Waals surface area contributed by atoms with E-state index in [9.17, 15) is 4.79 Å². The Kier molecular flexibility index (Phi) is 4.93. The summed E-state index contributed by atoms with van der Waals surface area (Å²) in [6.45, 7) is 11.3. The van der Waals surface area contributed by atoms with Gasteiger partial charge in [-0.3, -0.25) is 18.9 Å². The summed E-state index contributed by atoms with van der Waals surface area (Å²) in [7, 11) is 0. The van der Waals surface area contributed by atoms with Crippen LogP contribution in [0.1, 0.15) is 57.0 Å². The highest BCUT2D eigenvalue weighted by molar-refractivity contribution is 5.20. The third-order valence-corrected chi connectivity index (χ3v) is 6.02. The van der Waals surface area contributed by atoms with Crippen molar-refractivity contribution in [1.29, 1.82) is 0 Å². The standard InChI is InChI=1S/C21H31N5O/c1-21(2,3)19-11-20(27)25(15-22-19)13-16-6-9-24(10-7-16)14-17-12-23-26-8-4-5-18(17)26/h11-12,15-16H,4-10,13-14H2,1-3H3. The molecule has 0 unspecified atom stereocenters. The lowest BCUT2D eigenvalue weighted by molar-refractivity contribution is 0.166. The second-order valence-corrected chi connectivity index (χ2v) is 9.18. The van der Waals surface area contributed by atoms with Crippen molar-refractivity contribution < 1.29 is 0 Å². The normalized spacial score (nSPS) is 18.8. The fourth-order valence-electron chi connectivity index (χ4n) is 4.28. The molecule has 0 radical (unpaired) electrons. The third-order valence-electron chi connectivity index (χ3n) is 6.02. The van der Waals surface area contributed by atoms with Crippen LogP contribution in [0.15, 0.2) is 23.4 Å². The van der Waals surface area contributed by atoms with Crippen LogP contribution < -0.4 is 5.56 Å². The van der Waals surface area contributed by atoms with Crippen LogP contribution in [-0.2, 0) is 31.5 Å². The average molecular weight is 370 g/mol. The Hall–Kier alpha value is -1.95. The smallest absolute Gasteiger partial charge is 0.253 e. The van der Waals surface area contributed by atoms with Gasteiger partial charge in [0, 0.05) is 42.4 Å². The zero-order valence-corrected chi connectivity index (χ0v) is 16.8. The van der Waals surface area contributed by atoms with Crippen molar-refractivity contribution >= 4 is 0 Å². The Morgan fingerprint density at radius 2 is 1.96 bits per heavy atom. The van der Waals surface area contributed by atoms with E-state index >= 15 is 0 Å². The van der Waals surface area contributed by atoms with E-state index in [4.69, 9.17) is 0 Å². The molecule has 1 fully saturated rings. The molecule has 27 heavy (non-hydrogen) atoms. The van der Waals surface area contributed by atoms with E-state index in [2.05, 4.69) is 46.6 Å². The van der Waals surface area contributed by atoms with Gasteiger partial charge < -0.3 is 0 Å². The molecule has 6 nitrogen and oxygen atoms in total. The van der Waals surface area contributed by atoms with Gasteiger partial charge in [0.2, 0.25) is 0 Å². The number of piperidine rings is 1. The van der Waals surface area contributed by atoms with Crippen molar-refractivity contribution in [2.75, 3.05) is 13.1 Å². The first-order valence-corrected chi connectivity index (χ1v) is 10.2. The number of likely N-dealkylation sites (tertiary alicyclic amines) is 1. The highest BCUT2D eigenvalue weighted by Gasteiger charge is 2.23. The fourth-order valence-corrected chi connectivity index (χ4v) is 4.28. The molecule has 1 saturated heterocycles. The second kappa shape index (κ2) is 7.23. The largest absolute Gasteiger partial charge is 0.299 e. The maximum absolute atomic E-state index is 12.4. The van der Waals surface area contributed by atoms with Gasteiger partial charge >= 0.3 is 0 Å². The predicted molar refractivity (Wildman–Crippen MR) is 106 cm³/mol. The summed E-state index contributed by atoms with van der Waals surface area (Å²) in [6.07, 6.45) is 8.48. The molecule has 0 amide bonds. The number of aromatic nitrogens is 4. The molecule has 0 atom stereocenters. The zero-order chi connectivity index (χ0) is 19.0. The fraction of sp³-hybridized carbons (Fsp3) is 0.667. The number of aryl methyl sites for hydroxylation is 1. The van der Waals surface area contributed by atoms with Gasteiger partial charge in [-0.05, 0) is 44.7 Å². The van der Waals surface area contributed by atoms with Crippen LogP contribution >= 0.6 is 0 Å². The predicted octanol–water partition coefficient (Wildman–Crippen LogP) is 2.60. The first kappa shape index (κ1) is 18.4. The molecule has 2 aliphatic heterocycles. The lowest BCUT2D eigenvalue weighted by Crippen LogP contribution is -2.36. The van der Waals surface area contributed by atoms with E-state index in [0.29, 0.717) is 5.92 Å². The van der Waals surface area contributed by atoms with E-state index < -0.39 is 0 Å². The summed E-state index contributed by atoms with van der Waals surface area (Å²) in [4.78, 5) is 19.5. The van der Waals surface area contributed by atoms with Crippen LogP contribution in [0.5, 0.6) is 0 Å². The molecule has 2 aromatic heterocycles. The molecular weight excluding hydrogens is 338 g/mol. The Balaban J connectivity index is 1.32. The van der Waals surface area contributed by atoms with Crippen molar-refractivity contribution in [3.63, 3.8) is 0 Å². The molecule has 0 saturated carbocycles. The molecule has 2 aromatic rings. The van der Waals surface area contributed by atoms with Crippen LogP contribution in [-0.4, -0.2) is 37.3 Å². The van der Waals surface area contributed by atoms with E-state index in [0.717, 1.165) is 51.3 Å². The van der Waals surface area contributed by atoms with Gasteiger partial charge in [-0.25, -0.2) is 4.98 Å². The van der Waals surface area contributed by atoms with Crippen LogP contribution in [0.3, 0.4) is 0 Å². The van der Waals surface area contributed by atoms with Crippen molar-refractivity contribution in [3.8, 4) is 0 Å². The lowest BCUT2D eigenvalue weighted by Gasteiger charge is -2.32. The van der Waals surface area contributed by atoms with Gasteiger partial charge in [0.25, 0.3) is 5.56 Å². The van der Waals surface area contributed by atoms with Crippen molar-refractivity contribution in [1.82, 2.24) is 24.2 Å². The summed E-state index contributed by atoms with van der Waals surface area (Å²) in [6, 6.07) is 1.70. The van der Waals surface area contributed by atoms with E-state index in [1.807, 2.05) is 0 Å². The summed E-state index contributed by atoms with van der Waals surface area (Å²) >= 11 is 0. The first-order valence-electron chi connectivity index (χ1n) is 10.2. The van der Waals surface area contributed by atoms with Crippen molar-refractivity contribution in [3.05, 3.63) is 45.9 Å². The molecule has 4 rings (SSSR count). The Labute approximate surface area is 161 Å². The summed E-state index contributed by atoms with van der Waals surface area (Å²) in [5.41, 5.74) is 3.70. The topological polar surface area (TPSA) is 56.0 Å². The van der Waals surface area contributed by atoms with Crippen molar-refractivity contribution in [2.45, 2.75) is 71.5 Å². The van der Waals surface area contributed by atoms with Gasteiger partial charge in [0.15, 0.2) is 0 Å². The van der Waals surface area contributed by atoms with Crippen molar-refractivity contribution in [2.24, 2.45) is 5.92 Å². The lowest BCUT2D eigenvalue weighted by atomic mass is 9.92. The molecular formula is C21H31N5O. The maximum atomic E-state index is 12.4. The van der Waals surface area contributed by atoms with Crippen LogP contribution in [0.2, 0.25) is 0 Å². The van der Waals surface area contributed by atoms with Crippen LogP contribution in [0.4, 0.5) is 0 Å². The highest BCUT2D eigenvalue weighted by atomic mass is 16.1. The number of fused-ring (bicyclic) bond motifs is 1. The summed E-state index contributed by atoms with van der Waals surface area (Å²) < 4.78 is 3.96. The SMILES string of the molecule is CC(C)(C)c1cc(=O)n(CC2CCN(Cc3cnn4c3CCC4)CC2)cn1. The Bertz CT molecular complexity index is 852. The molecule has 146 valence electrons. The number of hydrogen-bond donors (Lipinski definition) is 0. The molecule has 0 N–H and O–H groups in total. The minimum Gasteiger partial charge on any atom is -0.299 e. The van der Waals surface area contributed by atoms with Crippen LogP contribution in [0.25, 0.3) is 0 Å². The van der Waals surface area contributed by atoms with Crippen LogP contribution in [0, 0.1) is 5.92 Å². The second-order valence-electron chi connectivity index (χ2n) is 9.18. The quantitative estimate of drug-likeness (QED) is 0.831. The minimum atomic E-state index is -0.0856.